The van der Waals surface area contributed by atoms with E-state index in [1.165, 1.54) is 6.07 Å². The molecule has 0 saturated heterocycles. The fraction of sp³-hybridized carbons (Fsp3) is 0.500. The van der Waals surface area contributed by atoms with Crippen LogP contribution in [-0.4, -0.2) is 31.6 Å². The number of sulfonamides is 1. The Bertz CT molecular complexity index is 597. The summed E-state index contributed by atoms with van der Waals surface area (Å²) in [6, 6.07) is 6.58. The summed E-state index contributed by atoms with van der Waals surface area (Å²) < 4.78 is 26.8. The Hall–Kier alpha value is -1.60. The quantitative estimate of drug-likeness (QED) is 0.682. The first kappa shape index (κ1) is 17.5. The van der Waals surface area contributed by atoms with Gasteiger partial charge in [0.2, 0.25) is 10.0 Å². The number of rotatable bonds is 8. The molecule has 0 unspecified atom stereocenters. The van der Waals surface area contributed by atoms with Gasteiger partial charge in [0.15, 0.2) is 0 Å². The Morgan fingerprint density at radius 1 is 1.29 bits per heavy atom. The average molecular weight is 314 g/mol. The third-order valence-electron chi connectivity index (χ3n) is 2.95. The molecule has 0 heterocycles. The molecule has 1 aromatic rings. The van der Waals surface area contributed by atoms with Crippen LogP contribution in [0.2, 0.25) is 0 Å². The van der Waals surface area contributed by atoms with Crippen LogP contribution < -0.4 is 10.0 Å². The highest BCUT2D eigenvalue weighted by Gasteiger charge is 2.23. The maximum Gasteiger partial charge on any atom is 0.303 e. The number of carboxylic acids is 1. The van der Waals surface area contributed by atoms with Gasteiger partial charge >= 0.3 is 5.97 Å². The molecule has 6 nitrogen and oxygen atoms in total. The van der Waals surface area contributed by atoms with Gasteiger partial charge in [0.05, 0.1) is 5.69 Å². The van der Waals surface area contributed by atoms with Gasteiger partial charge in [0, 0.05) is 18.5 Å². The molecule has 0 aromatic heterocycles. The summed E-state index contributed by atoms with van der Waals surface area (Å²) in [5, 5.41) is 11.9. The van der Waals surface area contributed by atoms with E-state index in [0.717, 1.165) is 0 Å². The molecule has 0 fully saturated rings. The summed E-state index contributed by atoms with van der Waals surface area (Å²) in [6.07, 6.45) is 0.403. The van der Waals surface area contributed by atoms with Crippen LogP contribution in [0, 0.1) is 0 Å². The van der Waals surface area contributed by atoms with Crippen LogP contribution in [0.5, 0.6) is 0 Å². The molecule has 0 saturated carbocycles. The van der Waals surface area contributed by atoms with Gasteiger partial charge in [-0.1, -0.05) is 19.1 Å². The molecule has 1 rings (SSSR count). The van der Waals surface area contributed by atoms with E-state index in [1.807, 2.05) is 13.8 Å². The minimum atomic E-state index is -3.57. The predicted molar refractivity (Wildman–Crippen MR) is 81.9 cm³/mol. The summed E-state index contributed by atoms with van der Waals surface area (Å²) in [6.45, 7) is 5.70. The molecule has 118 valence electrons. The smallest absolute Gasteiger partial charge is 0.303 e. The second-order valence-corrected chi connectivity index (χ2v) is 7.14. The molecule has 3 N–H and O–H groups in total. The summed E-state index contributed by atoms with van der Waals surface area (Å²) in [5.41, 5.74) is -0.0650. The van der Waals surface area contributed by atoms with Gasteiger partial charge in [-0.2, -0.15) is 0 Å². The fourth-order valence-corrected chi connectivity index (χ4v) is 3.12. The molecule has 0 spiro atoms. The third-order valence-corrected chi connectivity index (χ3v) is 4.55. The van der Waals surface area contributed by atoms with Crippen molar-refractivity contribution in [1.82, 2.24) is 4.72 Å². The first-order valence-corrected chi connectivity index (χ1v) is 8.25. The third kappa shape index (κ3) is 5.35. The van der Waals surface area contributed by atoms with Gasteiger partial charge in [-0.05, 0) is 32.4 Å². The van der Waals surface area contributed by atoms with Crippen molar-refractivity contribution in [3.8, 4) is 0 Å². The van der Waals surface area contributed by atoms with Gasteiger partial charge < -0.3 is 10.4 Å². The van der Waals surface area contributed by atoms with Crippen molar-refractivity contribution in [1.29, 1.82) is 0 Å². The Kier molecular flexibility index (Phi) is 5.74. The zero-order valence-corrected chi connectivity index (χ0v) is 13.3. The number of hydrogen-bond acceptors (Lipinski definition) is 4. The number of benzene rings is 1. The molecule has 7 heteroatoms. The Labute approximate surface area is 125 Å². The van der Waals surface area contributed by atoms with Gasteiger partial charge in [-0.15, -0.1) is 0 Å². The molecule has 1 aromatic carbocycles. The van der Waals surface area contributed by atoms with Crippen LogP contribution in [-0.2, 0) is 14.8 Å². The highest BCUT2D eigenvalue weighted by atomic mass is 32.2. The molecule has 0 bridgehead atoms. The van der Waals surface area contributed by atoms with E-state index in [9.17, 15) is 13.2 Å². The molecule has 0 amide bonds. The number of anilines is 1. The van der Waals surface area contributed by atoms with Crippen LogP contribution in [0.1, 0.15) is 33.6 Å². The lowest BCUT2D eigenvalue weighted by molar-refractivity contribution is -0.137. The lowest BCUT2D eigenvalue weighted by Crippen LogP contribution is -2.33. The van der Waals surface area contributed by atoms with Crippen molar-refractivity contribution in [3.63, 3.8) is 0 Å². The standard InChI is InChI=1S/C14H22N2O4S/c1-4-15-21(19,20)12-8-6-5-7-11(12)16-14(2,3)10-9-13(17)18/h5-8,15-16H,4,9-10H2,1-3H3,(H,17,18). The number of carbonyl (C=O) groups is 1. The van der Waals surface area contributed by atoms with E-state index in [4.69, 9.17) is 5.11 Å². The molecular formula is C14H22N2O4S. The Morgan fingerprint density at radius 2 is 1.90 bits per heavy atom. The van der Waals surface area contributed by atoms with E-state index in [-0.39, 0.29) is 11.3 Å². The van der Waals surface area contributed by atoms with Gasteiger partial charge in [-0.3, -0.25) is 4.79 Å². The molecule has 0 radical (unpaired) electrons. The van der Waals surface area contributed by atoms with Crippen molar-refractivity contribution in [2.75, 3.05) is 11.9 Å². The normalized spacial score (nSPS) is 12.1. The summed E-state index contributed by atoms with van der Waals surface area (Å²) >= 11 is 0. The van der Waals surface area contributed by atoms with Crippen LogP contribution >= 0.6 is 0 Å². The summed E-state index contributed by atoms with van der Waals surface area (Å²) in [7, 11) is -3.57. The second kappa shape index (κ2) is 6.91. The van der Waals surface area contributed by atoms with E-state index in [2.05, 4.69) is 10.0 Å². The average Bonchev–Trinajstić information content (AvgIpc) is 2.36. The van der Waals surface area contributed by atoms with E-state index >= 15 is 0 Å². The molecule has 0 aliphatic carbocycles. The van der Waals surface area contributed by atoms with Crippen LogP contribution in [0.4, 0.5) is 5.69 Å². The van der Waals surface area contributed by atoms with E-state index < -0.39 is 21.5 Å². The van der Waals surface area contributed by atoms with Crippen molar-refractivity contribution in [2.24, 2.45) is 0 Å². The summed E-state index contributed by atoms with van der Waals surface area (Å²) in [4.78, 5) is 10.8. The predicted octanol–water partition coefficient (Wildman–Crippen LogP) is 2.04. The molecule has 0 atom stereocenters. The van der Waals surface area contributed by atoms with Gasteiger partial charge in [-0.25, -0.2) is 13.1 Å². The molecule has 0 aliphatic rings. The minimum absolute atomic E-state index is 0.0160. The number of nitrogens with one attached hydrogen (secondary N) is 2. The monoisotopic (exact) mass is 314 g/mol. The Morgan fingerprint density at radius 3 is 2.48 bits per heavy atom. The second-order valence-electron chi connectivity index (χ2n) is 5.40. The lowest BCUT2D eigenvalue weighted by atomic mass is 9.98. The number of aliphatic carboxylic acids is 1. The Balaban J connectivity index is 3.02. The van der Waals surface area contributed by atoms with Crippen LogP contribution in [0.3, 0.4) is 0 Å². The SMILES string of the molecule is CCNS(=O)(=O)c1ccccc1NC(C)(C)CCC(=O)O. The zero-order valence-electron chi connectivity index (χ0n) is 12.5. The number of hydrogen-bond donors (Lipinski definition) is 3. The van der Waals surface area contributed by atoms with Crippen molar-refractivity contribution in [3.05, 3.63) is 24.3 Å². The van der Waals surface area contributed by atoms with Crippen LogP contribution in [0.15, 0.2) is 29.2 Å². The van der Waals surface area contributed by atoms with Crippen molar-refractivity contribution < 1.29 is 18.3 Å². The highest BCUT2D eigenvalue weighted by Crippen LogP contribution is 2.26. The zero-order chi connectivity index (χ0) is 16.1. The van der Waals surface area contributed by atoms with E-state index in [1.54, 1.807) is 25.1 Å². The highest BCUT2D eigenvalue weighted by molar-refractivity contribution is 7.89. The molecule has 21 heavy (non-hydrogen) atoms. The topological polar surface area (TPSA) is 95.5 Å². The maximum atomic E-state index is 12.2. The minimum Gasteiger partial charge on any atom is -0.481 e. The first-order chi connectivity index (χ1) is 9.68. The molecular weight excluding hydrogens is 292 g/mol. The van der Waals surface area contributed by atoms with Crippen LogP contribution in [0.25, 0.3) is 0 Å². The van der Waals surface area contributed by atoms with Crippen molar-refractivity contribution in [2.45, 2.75) is 44.0 Å². The summed E-state index contributed by atoms with van der Waals surface area (Å²) in [5.74, 6) is -0.876. The first-order valence-electron chi connectivity index (χ1n) is 6.76. The number of carboxylic acid groups (broad SMARTS) is 1. The molecule has 0 aliphatic heterocycles. The largest absolute Gasteiger partial charge is 0.481 e. The fourth-order valence-electron chi connectivity index (χ4n) is 1.92. The maximum absolute atomic E-state index is 12.2. The van der Waals surface area contributed by atoms with Gasteiger partial charge in [0.25, 0.3) is 0 Å². The lowest BCUT2D eigenvalue weighted by Gasteiger charge is -2.28. The van der Waals surface area contributed by atoms with E-state index in [0.29, 0.717) is 18.7 Å². The van der Waals surface area contributed by atoms with Gasteiger partial charge in [0.1, 0.15) is 4.90 Å². The number of para-hydroxylation sites is 1. The van der Waals surface area contributed by atoms with Crippen molar-refractivity contribution >= 4 is 21.7 Å².